The molecule has 4 nitrogen and oxygen atoms in total. The molecule has 1 amide bonds. The van der Waals surface area contributed by atoms with Crippen molar-refractivity contribution in [1.29, 1.82) is 0 Å². The summed E-state index contributed by atoms with van der Waals surface area (Å²) in [5.74, 6) is 2.14. The largest absolute Gasteiger partial charge is 0.493 e. The third-order valence-corrected chi connectivity index (χ3v) is 4.92. The average molecular weight is 359 g/mol. The highest BCUT2D eigenvalue weighted by atomic mass is 32.2. The topological polar surface area (TPSA) is 47.6 Å². The van der Waals surface area contributed by atoms with E-state index in [2.05, 4.69) is 36.5 Å². The van der Waals surface area contributed by atoms with Crippen LogP contribution in [-0.4, -0.2) is 25.9 Å². The number of ether oxygens (including phenoxy) is 2. The lowest BCUT2D eigenvalue weighted by Gasteiger charge is -2.16. The molecule has 1 atom stereocenters. The first kappa shape index (κ1) is 19.2. The van der Waals surface area contributed by atoms with Gasteiger partial charge >= 0.3 is 0 Å². The highest BCUT2D eigenvalue weighted by Gasteiger charge is 2.12. The van der Waals surface area contributed by atoms with Crippen molar-refractivity contribution < 1.29 is 14.3 Å². The fourth-order valence-corrected chi connectivity index (χ4v) is 3.27. The molecule has 0 radical (unpaired) electrons. The van der Waals surface area contributed by atoms with Gasteiger partial charge < -0.3 is 14.8 Å². The highest BCUT2D eigenvalue weighted by Crippen LogP contribution is 2.30. The van der Waals surface area contributed by atoms with Gasteiger partial charge in [-0.05, 0) is 43.7 Å². The van der Waals surface area contributed by atoms with Gasteiger partial charge in [-0.1, -0.05) is 23.8 Å². The molecule has 0 aliphatic carbocycles. The Morgan fingerprint density at radius 1 is 1.08 bits per heavy atom. The quantitative estimate of drug-likeness (QED) is 0.711. The molecule has 2 aromatic carbocycles. The number of thioether (sulfide) groups is 1. The summed E-state index contributed by atoms with van der Waals surface area (Å²) in [5.41, 5.74) is 2.23. The van der Waals surface area contributed by atoms with Crippen LogP contribution in [0.1, 0.15) is 30.5 Å². The molecule has 0 heterocycles. The fraction of sp³-hybridized carbons (Fsp3) is 0.350. The predicted octanol–water partition coefficient (Wildman–Crippen LogP) is 4.37. The maximum atomic E-state index is 12.2. The van der Waals surface area contributed by atoms with Gasteiger partial charge in [0.2, 0.25) is 5.91 Å². The first-order valence-electron chi connectivity index (χ1n) is 8.24. The zero-order valence-electron chi connectivity index (χ0n) is 15.2. The molecule has 2 aromatic rings. The summed E-state index contributed by atoms with van der Waals surface area (Å²) in [5, 5.41) is 3.03. The molecule has 134 valence electrons. The minimum Gasteiger partial charge on any atom is -0.493 e. The van der Waals surface area contributed by atoms with Crippen molar-refractivity contribution in [3.8, 4) is 11.5 Å². The van der Waals surface area contributed by atoms with Gasteiger partial charge in [-0.3, -0.25) is 4.79 Å². The third kappa shape index (κ3) is 5.71. The highest BCUT2D eigenvalue weighted by molar-refractivity contribution is 7.99. The number of hydrogen-bond acceptors (Lipinski definition) is 4. The van der Waals surface area contributed by atoms with E-state index in [-0.39, 0.29) is 11.9 Å². The smallest absolute Gasteiger partial charge is 0.221 e. The van der Waals surface area contributed by atoms with Gasteiger partial charge in [0.15, 0.2) is 11.5 Å². The van der Waals surface area contributed by atoms with E-state index in [9.17, 15) is 4.79 Å². The molecule has 0 saturated carbocycles. The summed E-state index contributed by atoms with van der Waals surface area (Å²) in [6.07, 6.45) is 0.482. The molecule has 5 heteroatoms. The van der Waals surface area contributed by atoms with E-state index in [0.29, 0.717) is 17.9 Å². The van der Waals surface area contributed by atoms with Gasteiger partial charge in [0.25, 0.3) is 0 Å². The van der Waals surface area contributed by atoms with Crippen LogP contribution in [0.2, 0.25) is 0 Å². The predicted molar refractivity (Wildman–Crippen MR) is 103 cm³/mol. The zero-order valence-corrected chi connectivity index (χ0v) is 16.0. The molecule has 0 saturated heterocycles. The Kier molecular flexibility index (Phi) is 7.19. The van der Waals surface area contributed by atoms with Gasteiger partial charge in [0.1, 0.15) is 0 Å². The van der Waals surface area contributed by atoms with E-state index in [1.165, 1.54) is 10.5 Å². The molecule has 0 aliphatic rings. The number of rotatable bonds is 8. The zero-order chi connectivity index (χ0) is 18.2. The molecular formula is C20H25NO3S. The van der Waals surface area contributed by atoms with Crippen LogP contribution in [0.5, 0.6) is 11.5 Å². The lowest BCUT2D eigenvalue weighted by Crippen LogP contribution is -2.26. The lowest BCUT2D eigenvalue weighted by atomic mass is 10.1. The second-order valence-electron chi connectivity index (χ2n) is 5.82. The van der Waals surface area contributed by atoms with E-state index in [1.54, 1.807) is 26.0 Å². The number of carbonyl (C=O) groups is 1. The van der Waals surface area contributed by atoms with Gasteiger partial charge in [0.05, 0.1) is 20.3 Å². The SMILES string of the molecule is COc1ccc([C@H](C)NC(=O)CCSc2ccc(C)cc2)cc1OC. The van der Waals surface area contributed by atoms with E-state index in [1.807, 2.05) is 25.1 Å². The number of carbonyl (C=O) groups excluding carboxylic acids is 1. The van der Waals surface area contributed by atoms with Crippen molar-refractivity contribution in [2.45, 2.75) is 31.2 Å². The van der Waals surface area contributed by atoms with Crippen molar-refractivity contribution in [3.05, 3.63) is 53.6 Å². The Labute approximate surface area is 153 Å². The molecule has 0 fully saturated rings. The van der Waals surface area contributed by atoms with E-state index >= 15 is 0 Å². The van der Waals surface area contributed by atoms with Crippen molar-refractivity contribution in [2.24, 2.45) is 0 Å². The molecule has 0 unspecified atom stereocenters. The minimum atomic E-state index is -0.0864. The van der Waals surface area contributed by atoms with Crippen molar-refractivity contribution >= 4 is 17.7 Å². The molecule has 25 heavy (non-hydrogen) atoms. The number of hydrogen-bond donors (Lipinski definition) is 1. The third-order valence-electron chi connectivity index (χ3n) is 3.90. The molecule has 0 aromatic heterocycles. The van der Waals surface area contributed by atoms with E-state index in [4.69, 9.17) is 9.47 Å². The van der Waals surface area contributed by atoms with Crippen LogP contribution in [0.4, 0.5) is 0 Å². The maximum absolute atomic E-state index is 12.2. The molecule has 0 bridgehead atoms. The lowest BCUT2D eigenvalue weighted by molar-refractivity contribution is -0.121. The van der Waals surface area contributed by atoms with Gasteiger partial charge in [-0.15, -0.1) is 11.8 Å². The Morgan fingerprint density at radius 2 is 1.76 bits per heavy atom. The normalized spacial score (nSPS) is 11.7. The van der Waals surface area contributed by atoms with E-state index < -0.39 is 0 Å². The van der Waals surface area contributed by atoms with Crippen molar-refractivity contribution in [1.82, 2.24) is 5.32 Å². The van der Waals surface area contributed by atoms with Crippen LogP contribution in [0.25, 0.3) is 0 Å². The molecule has 0 aliphatic heterocycles. The second-order valence-corrected chi connectivity index (χ2v) is 6.98. The summed E-state index contributed by atoms with van der Waals surface area (Å²) in [4.78, 5) is 13.4. The van der Waals surface area contributed by atoms with Gasteiger partial charge in [-0.2, -0.15) is 0 Å². The van der Waals surface area contributed by atoms with Crippen LogP contribution in [0, 0.1) is 6.92 Å². The minimum absolute atomic E-state index is 0.0434. The number of aryl methyl sites for hydroxylation is 1. The Balaban J connectivity index is 1.84. The first-order valence-corrected chi connectivity index (χ1v) is 9.22. The fourth-order valence-electron chi connectivity index (χ4n) is 2.42. The first-order chi connectivity index (χ1) is 12.0. The number of methoxy groups -OCH3 is 2. The second kappa shape index (κ2) is 9.37. The summed E-state index contributed by atoms with van der Waals surface area (Å²) in [6, 6.07) is 13.9. The molecule has 0 spiro atoms. The van der Waals surface area contributed by atoms with Crippen molar-refractivity contribution in [2.75, 3.05) is 20.0 Å². The number of benzene rings is 2. The maximum Gasteiger partial charge on any atom is 0.221 e. The van der Waals surface area contributed by atoms with Gasteiger partial charge in [-0.25, -0.2) is 0 Å². The standard InChI is InChI=1S/C20H25NO3S/c1-14-5-8-17(9-6-14)25-12-11-20(22)21-15(2)16-7-10-18(23-3)19(13-16)24-4/h5-10,13,15H,11-12H2,1-4H3,(H,21,22)/t15-/m0/s1. The van der Waals surface area contributed by atoms with Crippen LogP contribution in [0.3, 0.4) is 0 Å². The Hall–Kier alpha value is -2.14. The monoisotopic (exact) mass is 359 g/mol. The molecule has 2 rings (SSSR count). The number of nitrogens with one attached hydrogen (secondary N) is 1. The number of amides is 1. The van der Waals surface area contributed by atoms with Crippen LogP contribution < -0.4 is 14.8 Å². The van der Waals surface area contributed by atoms with Crippen molar-refractivity contribution in [3.63, 3.8) is 0 Å². The Morgan fingerprint density at radius 3 is 2.40 bits per heavy atom. The summed E-state index contributed by atoms with van der Waals surface area (Å²) in [7, 11) is 3.21. The molecule has 1 N–H and O–H groups in total. The van der Waals surface area contributed by atoms with Crippen LogP contribution in [0.15, 0.2) is 47.4 Å². The van der Waals surface area contributed by atoms with Crippen LogP contribution >= 0.6 is 11.8 Å². The van der Waals surface area contributed by atoms with E-state index in [0.717, 1.165) is 11.3 Å². The Bertz CT molecular complexity index is 701. The van der Waals surface area contributed by atoms with Gasteiger partial charge in [0, 0.05) is 17.1 Å². The summed E-state index contributed by atoms with van der Waals surface area (Å²) in [6.45, 7) is 4.03. The molecular weight excluding hydrogens is 334 g/mol. The van der Waals surface area contributed by atoms with Crippen LogP contribution in [-0.2, 0) is 4.79 Å². The summed E-state index contributed by atoms with van der Waals surface area (Å²) < 4.78 is 10.6. The average Bonchev–Trinajstić information content (AvgIpc) is 2.62. The summed E-state index contributed by atoms with van der Waals surface area (Å²) >= 11 is 1.69.